The zero-order valence-corrected chi connectivity index (χ0v) is 11.3. The second-order valence-electron chi connectivity index (χ2n) is 4.63. The van der Waals surface area contributed by atoms with E-state index in [9.17, 15) is 9.59 Å². The van der Waals surface area contributed by atoms with E-state index in [4.69, 9.17) is 10.5 Å². The van der Waals surface area contributed by atoms with Crippen molar-refractivity contribution >= 4 is 17.5 Å². The molecule has 1 aromatic rings. The van der Waals surface area contributed by atoms with Crippen LogP contribution in [0.3, 0.4) is 0 Å². The minimum absolute atomic E-state index is 0.0418. The highest BCUT2D eigenvalue weighted by Crippen LogP contribution is 2.17. The molecule has 3 N–H and O–H groups in total. The van der Waals surface area contributed by atoms with Crippen molar-refractivity contribution < 1.29 is 14.3 Å². The molecule has 0 saturated carbocycles. The summed E-state index contributed by atoms with van der Waals surface area (Å²) in [4.78, 5) is 24.9. The number of carbonyl (C=O) groups is 2. The number of ether oxygens (including phenoxy) is 1. The van der Waals surface area contributed by atoms with Crippen LogP contribution in [0, 0.1) is 0 Å². The predicted molar refractivity (Wildman–Crippen MR) is 75.4 cm³/mol. The molecule has 1 saturated heterocycles. The highest BCUT2D eigenvalue weighted by Gasteiger charge is 2.22. The van der Waals surface area contributed by atoms with E-state index in [1.165, 1.54) is 0 Å². The van der Waals surface area contributed by atoms with Gasteiger partial charge in [-0.25, -0.2) is 0 Å². The number of hydrogen-bond donors (Lipinski definition) is 2. The molecule has 0 spiro atoms. The Morgan fingerprint density at radius 2 is 2.30 bits per heavy atom. The summed E-state index contributed by atoms with van der Waals surface area (Å²) >= 11 is 0. The summed E-state index contributed by atoms with van der Waals surface area (Å²) in [6.07, 6.45) is 1.37. The Morgan fingerprint density at radius 3 is 3.00 bits per heavy atom. The SMILES string of the molecule is NCCOc1cccc(NC(=O)CN2CCCC2=O)c1. The summed E-state index contributed by atoms with van der Waals surface area (Å²) in [6, 6.07) is 7.11. The number of carbonyl (C=O) groups excluding carboxylic acids is 2. The average molecular weight is 277 g/mol. The number of nitrogens with zero attached hydrogens (tertiary/aromatic N) is 1. The van der Waals surface area contributed by atoms with Gasteiger partial charge in [0.05, 0.1) is 6.54 Å². The molecule has 1 heterocycles. The number of nitrogens with one attached hydrogen (secondary N) is 1. The van der Waals surface area contributed by atoms with Gasteiger partial charge in [0.2, 0.25) is 11.8 Å². The third-order valence-electron chi connectivity index (χ3n) is 3.01. The molecule has 1 aliphatic rings. The Labute approximate surface area is 117 Å². The van der Waals surface area contributed by atoms with Crippen LogP contribution in [-0.2, 0) is 9.59 Å². The van der Waals surface area contributed by atoms with E-state index >= 15 is 0 Å². The number of likely N-dealkylation sites (tertiary alicyclic amines) is 1. The first-order valence-electron chi connectivity index (χ1n) is 6.69. The molecule has 6 nitrogen and oxygen atoms in total. The first kappa shape index (κ1) is 14.3. The third-order valence-corrected chi connectivity index (χ3v) is 3.01. The smallest absolute Gasteiger partial charge is 0.243 e. The zero-order chi connectivity index (χ0) is 14.4. The first-order chi connectivity index (χ1) is 9.69. The molecule has 0 unspecified atom stereocenters. The standard InChI is InChI=1S/C14H19N3O3/c15-6-8-20-12-4-1-3-11(9-12)16-13(18)10-17-7-2-5-14(17)19/h1,3-4,9H,2,5-8,10,15H2,(H,16,18). The summed E-state index contributed by atoms with van der Waals surface area (Å²) < 4.78 is 5.39. The summed E-state index contributed by atoms with van der Waals surface area (Å²) in [6.45, 7) is 1.63. The lowest BCUT2D eigenvalue weighted by atomic mass is 10.3. The Bertz CT molecular complexity index is 490. The molecule has 2 rings (SSSR count). The highest BCUT2D eigenvalue weighted by molar-refractivity contribution is 5.95. The van der Waals surface area contributed by atoms with E-state index in [2.05, 4.69) is 5.32 Å². The van der Waals surface area contributed by atoms with Crippen LogP contribution in [0.2, 0.25) is 0 Å². The summed E-state index contributed by atoms with van der Waals surface area (Å²) in [7, 11) is 0. The van der Waals surface area contributed by atoms with Crippen LogP contribution >= 0.6 is 0 Å². The van der Waals surface area contributed by atoms with Gasteiger partial charge in [-0.05, 0) is 18.6 Å². The molecule has 20 heavy (non-hydrogen) atoms. The molecule has 108 valence electrons. The molecule has 0 atom stereocenters. The van der Waals surface area contributed by atoms with Crippen molar-refractivity contribution in [1.29, 1.82) is 0 Å². The maximum atomic E-state index is 11.9. The van der Waals surface area contributed by atoms with Crippen molar-refractivity contribution in [2.45, 2.75) is 12.8 Å². The lowest BCUT2D eigenvalue weighted by Crippen LogP contribution is -2.33. The molecule has 6 heteroatoms. The number of rotatable bonds is 6. The third kappa shape index (κ3) is 3.96. The lowest BCUT2D eigenvalue weighted by molar-refractivity contribution is -0.131. The monoisotopic (exact) mass is 277 g/mol. The Balaban J connectivity index is 1.88. The Morgan fingerprint density at radius 1 is 1.45 bits per heavy atom. The van der Waals surface area contributed by atoms with Crippen molar-refractivity contribution in [3.63, 3.8) is 0 Å². The molecule has 0 bridgehead atoms. The van der Waals surface area contributed by atoms with E-state index in [-0.39, 0.29) is 18.4 Å². The highest BCUT2D eigenvalue weighted by atomic mass is 16.5. The van der Waals surface area contributed by atoms with E-state index < -0.39 is 0 Å². The quantitative estimate of drug-likeness (QED) is 0.797. The van der Waals surface area contributed by atoms with Crippen molar-refractivity contribution in [2.24, 2.45) is 5.73 Å². The van der Waals surface area contributed by atoms with E-state index in [0.29, 0.717) is 37.6 Å². The Kier molecular flexibility index (Phi) is 4.95. The first-order valence-corrected chi connectivity index (χ1v) is 6.69. The maximum Gasteiger partial charge on any atom is 0.243 e. The van der Waals surface area contributed by atoms with Crippen LogP contribution in [0.1, 0.15) is 12.8 Å². The number of nitrogens with two attached hydrogens (primary N) is 1. The second-order valence-corrected chi connectivity index (χ2v) is 4.63. The summed E-state index contributed by atoms with van der Waals surface area (Å²) in [5, 5.41) is 2.76. The van der Waals surface area contributed by atoms with Crippen LogP contribution < -0.4 is 15.8 Å². The van der Waals surface area contributed by atoms with Gasteiger partial charge in [-0.1, -0.05) is 6.07 Å². The van der Waals surface area contributed by atoms with Crippen molar-refractivity contribution in [1.82, 2.24) is 4.90 Å². The molecule has 1 fully saturated rings. The van der Waals surface area contributed by atoms with Crippen LogP contribution in [0.25, 0.3) is 0 Å². The second kappa shape index (κ2) is 6.91. The fraction of sp³-hybridized carbons (Fsp3) is 0.429. The van der Waals surface area contributed by atoms with Crippen molar-refractivity contribution in [3.8, 4) is 5.75 Å². The van der Waals surface area contributed by atoms with Crippen LogP contribution in [0.15, 0.2) is 24.3 Å². The minimum Gasteiger partial charge on any atom is -0.492 e. The van der Waals surface area contributed by atoms with E-state index in [1.54, 1.807) is 29.2 Å². The molecular formula is C14H19N3O3. The van der Waals surface area contributed by atoms with Gasteiger partial charge in [0.15, 0.2) is 0 Å². The molecule has 1 aliphatic heterocycles. The fourth-order valence-corrected chi connectivity index (χ4v) is 2.09. The van der Waals surface area contributed by atoms with E-state index in [1.807, 2.05) is 0 Å². The van der Waals surface area contributed by atoms with Gasteiger partial charge in [0.25, 0.3) is 0 Å². The summed E-state index contributed by atoms with van der Waals surface area (Å²) in [5.74, 6) is 0.502. The van der Waals surface area contributed by atoms with Gasteiger partial charge < -0.3 is 20.7 Å². The number of anilines is 1. The van der Waals surface area contributed by atoms with Gasteiger partial charge >= 0.3 is 0 Å². The topological polar surface area (TPSA) is 84.7 Å². The molecule has 1 aromatic carbocycles. The number of hydrogen-bond acceptors (Lipinski definition) is 4. The van der Waals surface area contributed by atoms with Crippen LogP contribution in [0.4, 0.5) is 5.69 Å². The van der Waals surface area contributed by atoms with Crippen molar-refractivity contribution in [3.05, 3.63) is 24.3 Å². The largest absolute Gasteiger partial charge is 0.492 e. The molecule has 0 aliphatic carbocycles. The molecule has 2 amide bonds. The molecular weight excluding hydrogens is 258 g/mol. The van der Waals surface area contributed by atoms with Gasteiger partial charge in [-0.2, -0.15) is 0 Å². The minimum atomic E-state index is -0.198. The number of amides is 2. The lowest BCUT2D eigenvalue weighted by Gasteiger charge is -2.15. The van der Waals surface area contributed by atoms with Crippen molar-refractivity contribution in [2.75, 3.05) is 31.6 Å². The predicted octanol–water partition coefficient (Wildman–Crippen LogP) is 0.585. The number of benzene rings is 1. The Hall–Kier alpha value is -2.08. The van der Waals surface area contributed by atoms with Gasteiger partial charge in [-0.3, -0.25) is 9.59 Å². The fourth-order valence-electron chi connectivity index (χ4n) is 2.09. The van der Waals surface area contributed by atoms with E-state index in [0.717, 1.165) is 6.42 Å². The van der Waals surface area contributed by atoms with Gasteiger partial charge in [0, 0.05) is 31.3 Å². The average Bonchev–Trinajstić information content (AvgIpc) is 2.82. The van der Waals surface area contributed by atoms with Crippen LogP contribution in [0.5, 0.6) is 5.75 Å². The normalized spacial score (nSPS) is 14.4. The van der Waals surface area contributed by atoms with Gasteiger partial charge in [-0.15, -0.1) is 0 Å². The molecule has 0 radical (unpaired) electrons. The van der Waals surface area contributed by atoms with Crippen LogP contribution in [-0.4, -0.2) is 43.0 Å². The van der Waals surface area contributed by atoms with Gasteiger partial charge in [0.1, 0.15) is 12.4 Å². The maximum absolute atomic E-state index is 11.9. The molecule has 0 aromatic heterocycles. The zero-order valence-electron chi connectivity index (χ0n) is 11.3. The summed E-state index contributed by atoms with van der Waals surface area (Å²) in [5.41, 5.74) is 6.02.